The molecule has 0 radical (unpaired) electrons. The van der Waals surface area contributed by atoms with Crippen LogP contribution in [-0.2, 0) is 9.47 Å². The summed E-state index contributed by atoms with van der Waals surface area (Å²) in [5.74, 6) is 0.593. The van der Waals surface area contributed by atoms with Gasteiger partial charge < -0.3 is 9.47 Å². The highest BCUT2D eigenvalue weighted by Gasteiger charge is 2.43. The van der Waals surface area contributed by atoms with Crippen LogP contribution in [0.5, 0.6) is 0 Å². The summed E-state index contributed by atoms with van der Waals surface area (Å²) in [5.41, 5.74) is 0.523. The van der Waals surface area contributed by atoms with Gasteiger partial charge in [-0.25, -0.2) is 0 Å². The Balaban J connectivity index is 2.09. The zero-order chi connectivity index (χ0) is 7.14. The van der Waals surface area contributed by atoms with Crippen molar-refractivity contribution in [3.8, 4) is 0 Å². The van der Waals surface area contributed by atoms with Gasteiger partial charge >= 0.3 is 0 Å². The zero-order valence-electron chi connectivity index (χ0n) is 6.12. The van der Waals surface area contributed by atoms with Gasteiger partial charge in [-0.1, -0.05) is 6.92 Å². The fourth-order valence-electron chi connectivity index (χ4n) is 1.72. The Morgan fingerprint density at radius 2 is 1.90 bits per heavy atom. The molecular weight excluding hydrogens is 147 g/mol. The quantitative estimate of drug-likeness (QED) is 0.485. The number of hydrogen-bond acceptors (Lipinski definition) is 2. The van der Waals surface area contributed by atoms with E-state index in [0.29, 0.717) is 23.8 Å². The first-order chi connectivity index (χ1) is 4.79. The molecule has 0 aromatic heterocycles. The van der Waals surface area contributed by atoms with Crippen molar-refractivity contribution in [2.24, 2.45) is 5.92 Å². The summed E-state index contributed by atoms with van der Waals surface area (Å²) in [5, 5.41) is 0. The molecule has 2 aliphatic heterocycles. The maximum Gasteiger partial charge on any atom is 0.0924 e. The molecule has 2 aliphatic rings. The third-order valence-corrected chi connectivity index (χ3v) is 2.91. The fourth-order valence-corrected chi connectivity index (χ4v) is 2.16. The normalized spacial score (nSPS) is 53.4. The molecule has 5 atom stereocenters. The van der Waals surface area contributed by atoms with Crippen LogP contribution < -0.4 is 0 Å². The summed E-state index contributed by atoms with van der Waals surface area (Å²) >= 11 is 0. The first-order valence-electron chi connectivity index (χ1n) is 3.78. The minimum atomic E-state index is 0.361. The van der Waals surface area contributed by atoms with Crippen LogP contribution >= 0.6 is 9.24 Å². The van der Waals surface area contributed by atoms with Gasteiger partial charge in [0, 0.05) is 11.6 Å². The van der Waals surface area contributed by atoms with E-state index in [4.69, 9.17) is 9.47 Å². The van der Waals surface area contributed by atoms with Gasteiger partial charge in [-0.3, -0.25) is 0 Å². The fraction of sp³-hybridized carbons (Fsp3) is 1.00. The average Bonchev–Trinajstić information content (AvgIpc) is 2.41. The van der Waals surface area contributed by atoms with Crippen LogP contribution in [0.3, 0.4) is 0 Å². The van der Waals surface area contributed by atoms with Crippen molar-refractivity contribution in [3.63, 3.8) is 0 Å². The molecule has 2 saturated heterocycles. The van der Waals surface area contributed by atoms with Crippen LogP contribution in [0, 0.1) is 5.92 Å². The van der Waals surface area contributed by atoms with Crippen LogP contribution in [0.1, 0.15) is 6.92 Å². The van der Waals surface area contributed by atoms with E-state index in [9.17, 15) is 0 Å². The van der Waals surface area contributed by atoms with E-state index in [1.807, 2.05) is 0 Å². The number of fused-ring (bicyclic) bond motifs is 1. The molecule has 0 bridgehead atoms. The molecular formula is C7H13O2P. The monoisotopic (exact) mass is 160 g/mol. The number of ether oxygens (including phenoxy) is 2. The Bertz CT molecular complexity index is 124. The van der Waals surface area contributed by atoms with Gasteiger partial charge in [-0.05, 0) is 0 Å². The molecule has 0 spiro atoms. The lowest BCUT2D eigenvalue weighted by Crippen LogP contribution is -2.24. The van der Waals surface area contributed by atoms with Gasteiger partial charge in [0.1, 0.15) is 0 Å². The average molecular weight is 160 g/mol. The maximum absolute atomic E-state index is 5.56. The van der Waals surface area contributed by atoms with Gasteiger partial charge in [0.05, 0.1) is 25.4 Å². The minimum Gasteiger partial charge on any atom is -0.374 e. The first kappa shape index (κ1) is 7.02. The minimum absolute atomic E-state index is 0.361. The van der Waals surface area contributed by atoms with Crippen LogP contribution in [0.25, 0.3) is 0 Å². The van der Waals surface area contributed by atoms with E-state index >= 15 is 0 Å². The van der Waals surface area contributed by atoms with Crippen molar-refractivity contribution in [3.05, 3.63) is 0 Å². The standard InChI is InChI=1S/C7H13O2P/c1-4-2-8-7-5(10)3-9-6(4)7/h4-7H,2-3,10H2,1H3. The number of rotatable bonds is 0. The Morgan fingerprint density at radius 3 is 2.60 bits per heavy atom. The summed E-state index contributed by atoms with van der Waals surface area (Å²) in [7, 11) is 2.79. The third kappa shape index (κ3) is 0.903. The summed E-state index contributed by atoms with van der Waals surface area (Å²) in [6.07, 6.45) is 0.738. The zero-order valence-corrected chi connectivity index (χ0v) is 7.27. The summed E-state index contributed by atoms with van der Waals surface area (Å²) in [6.45, 7) is 3.91. The van der Waals surface area contributed by atoms with E-state index < -0.39 is 0 Å². The second kappa shape index (κ2) is 2.44. The van der Waals surface area contributed by atoms with E-state index in [2.05, 4.69) is 16.2 Å². The number of hydrogen-bond donors (Lipinski definition) is 0. The Kier molecular flexibility index (Phi) is 1.71. The van der Waals surface area contributed by atoms with Gasteiger partial charge in [0.25, 0.3) is 0 Å². The second-order valence-electron chi connectivity index (χ2n) is 3.24. The third-order valence-electron chi connectivity index (χ3n) is 2.34. The summed E-state index contributed by atoms with van der Waals surface area (Å²) < 4.78 is 11.1. The largest absolute Gasteiger partial charge is 0.374 e. The Labute approximate surface area is 63.5 Å². The predicted octanol–water partition coefficient (Wildman–Crippen LogP) is 0.664. The van der Waals surface area contributed by atoms with E-state index in [1.54, 1.807) is 0 Å². The predicted molar refractivity (Wildman–Crippen MR) is 42.1 cm³/mol. The second-order valence-corrected chi connectivity index (χ2v) is 4.09. The molecule has 2 fully saturated rings. The smallest absolute Gasteiger partial charge is 0.0924 e. The molecule has 58 valence electrons. The molecule has 0 N–H and O–H groups in total. The Morgan fingerprint density at radius 1 is 1.20 bits per heavy atom. The molecule has 5 unspecified atom stereocenters. The van der Waals surface area contributed by atoms with Crippen LogP contribution in [0.15, 0.2) is 0 Å². The van der Waals surface area contributed by atoms with Crippen LogP contribution in [0.4, 0.5) is 0 Å². The molecule has 2 nitrogen and oxygen atoms in total. The van der Waals surface area contributed by atoms with Crippen molar-refractivity contribution >= 4 is 9.24 Å². The highest BCUT2D eigenvalue weighted by atomic mass is 31.0. The molecule has 2 heterocycles. The van der Waals surface area contributed by atoms with Gasteiger partial charge in [0.2, 0.25) is 0 Å². The SMILES string of the molecule is CC1COC2C(P)COC12. The van der Waals surface area contributed by atoms with Gasteiger partial charge in [-0.2, -0.15) is 0 Å². The lowest BCUT2D eigenvalue weighted by molar-refractivity contribution is 0.0660. The van der Waals surface area contributed by atoms with Crippen molar-refractivity contribution in [2.45, 2.75) is 24.8 Å². The van der Waals surface area contributed by atoms with Crippen molar-refractivity contribution in [1.82, 2.24) is 0 Å². The maximum atomic E-state index is 5.56. The first-order valence-corrected chi connectivity index (χ1v) is 4.44. The molecule has 0 aliphatic carbocycles. The van der Waals surface area contributed by atoms with Crippen molar-refractivity contribution < 1.29 is 9.47 Å². The lowest BCUT2D eigenvalue weighted by atomic mass is 10.0. The van der Waals surface area contributed by atoms with E-state index in [-0.39, 0.29) is 0 Å². The molecule has 10 heavy (non-hydrogen) atoms. The van der Waals surface area contributed by atoms with E-state index in [1.165, 1.54) is 0 Å². The van der Waals surface area contributed by atoms with Crippen molar-refractivity contribution in [1.29, 1.82) is 0 Å². The van der Waals surface area contributed by atoms with Crippen LogP contribution in [-0.4, -0.2) is 31.1 Å². The topological polar surface area (TPSA) is 18.5 Å². The molecule has 3 heteroatoms. The van der Waals surface area contributed by atoms with Gasteiger partial charge in [-0.15, -0.1) is 9.24 Å². The summed E-state index contributed by atoms with van der Waals surface area (Å²) in [4.78, 5) is 0. The molecule has 0 aromatic rings. The molecule has 0 aromatic carbocycles. The van der Waals surface area contributed by atoms with Crippen molar-refractivity contribution in [2.75, 3.05) is 13.2 Å². The summed E-state index contributed by atoms with van der Waals surface area (Å²) in [6, 6.07) is 0. The molecule has 0 saturated carbocycles. The lowest BCUT2D eigenvalue weighted by Gasteiger charge is -2.10. The highest BCUT2D eigenvalue weighted by Crippen LogP contribution is 2.33. The van der Waals surface area contributed by atoms with Gasteiger partial charge in [0.15, 0.2) is 0 Å². The Hall–Kier alpha value is 0.350. The van der Waals surface area contributed by atoms with E-state index in [0.717, 1.165) is 13.2 Å². The molecule has 2 rings (SSSR count). The van der Waals surface area contributed by atoms with Crippen LogP contribution in [0.2, 0.25) is 0 Å². The highest BCUT2D eigenvalue weighted by molar-refractivity contribution is 7.17. The molecule has 0 amide bonds.